The van der Waals surface area contributed by atoms with Gasteiger partial charge in [-0.05, 0) is 55.4 Å². The van der Waals surface area contributed by atoms with Crippen molar-refractivity contribution in [2.75, 3.05) is 25.5 Å². The first-order valence-electron chi connectivity index (χ1n) is 6.99. The second-order valence-corrected chi connectivity index (χ2v) is 6.00. The topological polar surface area (TPSA) is 15.3 Å². The van der Waals surface area contributed by atoms with Crippen LogP contribution in [0.15, 0.2) is 53.0 Å². The van der Waals surface area contributed by atoms with Crippen LogP contribution in [0.3, 0.4) is 0 Å². The maximum absolute atomic E-state index is 12.9. The third-order valence-corrected chi connectivity index (χ3v) is 4.17. The molecule has 0 aromatic heterocycles. The van der Waals surface area contributed by atoms with E-state index in [1.807, 2.05) is 26.2 Å². The molecule has 0 saturated carbocycles. The molecule has 4 heteroatoms. The predicted octanol–water partition coefficient (Wildman–Crippen LogP) is 4.38. The molecule has 21 heavy (non-hydrogen) atoms. The SMILES string of the molecule is CNC(CCN(C)c1ccc(F)cc1)c1ccc(Br)cc1. The van der Waals surface area contributed by atoms with E-state index in [-0.39, 0.29) is 5.82 Å². The summed E-state index contributed by atoms with van der Waals surface area (Å²) in [6.07, 6.45) is 0.978. The summed E-state index contributed by atoms with van der Waals surface area (Å²) in [4.78, 5) is 2.14. The van der Waals surface area contributed by atoms with Gasteiger partial charge in [0.25, 0.3) is 0 Å². The van der Waals surface area contributed by atoms with Gasteiger partial charge in [0.05, 0.1) is 0 Å². The smallest absolute Gasteiger partial charge is 0.123 e. The standard InChI is InChI=1S/C17H20BrFN2/c1-20-17(13-3-5-14(18)6-4-13)11-12-21(2)16-9-7-15(19)8-10-16/h3-10,17,20H,11-12H2,1-2H3. The fraction of sp³-hybridized carbons (Fsp3) is 0.294. The van der Waals surface area contributed by atoms with Crippen LogP contribution in [-0.2, 0) is 0 Å². The summed E-state index contributed by atoms with van der Waals surface area (Å²) in [7, 11) is 4.01. The molecule has 0 aliphatic heterocycles. The molecule has 2 nitrogen and oxygen atoms in total. The van der Waals surface area contributed by atoms with E-state index in [0.717, 1.165) is 23.1 Å². The average molecular weight is 351 g/mol. The zero-order chi connectivity index (χ0) is 15.2. The first-order chi connectivity index (χ1) is 10.1. The number of rotatable bonds is 6. The van der Waals surface area contributed by atoms with Crippen LogP contribution in [0.25, 0.3) is 0 Å². The number of nitrogens with zero attached hydrogens (tertiary/aromatic N) is 1. The van der Waals surface area contributed by atoms with Crippen LogP contribution in [0.2, 0.25) is 0 Å². The minimum absolute atomic E-state index is 0.199. The van der Waals surface area contributed by atoms with E-state index >= 15 is 0 Å². The predicted molar refractivity (Wildman–Crippen MR) is 90.2 cm³/mol. The first-order valence-corrected chi connectivity index (χ1v) is 7.79. The van der Waals surface area contributed by atoms with E-state index in [1.165, 1.54) is 17.7 Å². The van der Waals surface area contributed by atoms with Crippen molar-refractivity contribution >= 4 is 21.6 Å². The fourth-order valence-electron chi connectivity index (χ4n) is 2.32. The largest absolute Gasteiger partial charge is 0.375 e. The van der Waals surface area contributed by atoms with Crippen LogP contribution in [-0.4, -0.2) is 20.6 Å². The Labute approximate surface area is 134 Å². The molecule has 1 atom stereocenters. The molecule has 0 heterocycles. The highest BCUT2D eigenvalue weighted by Crippen LogP contribution is 2.21. The van der Waals surface area contributed by atoms with Crippen molar-refractivity contribution in [3.05, 3.63) is 64.4 Å². The number of benzene rings is 2. The molecule has 112 valence electrons. The highest BCUT2D eigenvalue weighted by Gasteiger charge is 2.10. The second kappa shape index (κ2) is 7.57. The van der Waals surface area contributed by atoms with Crippen molar-refractivity contribution < 1.29 is 4.39 Å². The summed E-state index contributed by atoms with van der Waals surface area (Å²) in [5.74, 6) is -0.199. The Morgan fingerprint density at radius 1 is 1.10 bits per heavy atom. The van der Waals surface area contributed by atoms with Crippen molar-refractivity contribution in [2.45, 2.75) is 12.5 Å². The molecule has 0 aliphatic carbocycles. The molecule has 2 rings (SSSR count). The second-order valence-electron chi connectivity index (χ2n) is 5.08. The first kappa shape index (κ1) is 16.0. The number of hydrogen-bond acceptors (Lipinski definition) is 2. The minimum Gasteiger partial charge on any atom is -0.375 e. The quantitative estimate of drug-likeness (QED) is 0.831. The Bertz CT molecular complexity index is 554. The number of anilines is 1. The molecule has 1 N–H and O–H groups in total. The summed E-state index contributed by atoms with van der Waals surface area (Å²) >= 11 is 3.46. The summed E-state index contributed by atoms with van der Waals surface area (Å²) in [6, 6.07) is 15.3. The summed E-state index contributed by atoms with van der Waals surface area (Å²) in [5, 5.41) is 3.35. The van der Waals surface area contributed by atoms with Gasteiger partial charge >= 0.3 is 0 Å². The highest BCUT2D eigenvalue weighted by molar-refractivity contribution is 9.10. The van der Waals surface area contributed by atoms with Crippen molar-refractivity contribution in [1.29, 1.82) is 0 Å². The normalized spacial score (nSPS) is 12.2. The van der Waals surface area contributed by atoms with Gasteiger partial charge in [0.15, 0.2) is 0 Å². The van der Waals surface area contributed by atoms with E-state index < -0.39 is 0 Å². The van der Waals surface area contributed by atoms with Gasteiger partial charge in [-0.25, -0.2) is 4.39 Å². The maximum Gasteiger partial charge on any atom is 0.123 e. The summed E-state index contributed by atoms with van der Waals surface area (Å²) in [5.41, 5.74) is 2.30. The van der Waals surface area contributed by atoms with Crippen LogP contribution in [0.5, 0.6) is 0 Å². The van der Waals surface area contributed by atoms with Crippen molar-refractivity contribution in [2.24, 2.45) is 0 Å². The summed E-state index contributed by atoms with van der Waals surface area (Å²) in [6.45, 7) is 0.896. The zero-order valence-corrected chi connectivity index (χ0v) is 13.9. The molecule has 2 aromatic carbocycles. The maximum atomic E-state index is 12.9. The van der Waals surface area contributed by atoms with Crippen LogP contribution in [0.1, 0.15) is 18.0 Å². The third kappa shape index (κ3) is 4.55. The lowest BCUT2D eigenvalue weighted by Gasteiger charge is -2.23. The van der Waals surface area contributed by atoms with Gasteiger partial charge in [-0.1, -0.05) is 28.1 Å². The van der Waals surface area contributed by atoms with Crippen molar-refractivity contribution in [3.63, 3.8) is 0 Å². The molecule has 0 fully saturated rings. The van der Waals surface area contributed by atoms with Gasteiger partial charge in [0.1, 0.15) is 5.82 Å². The van der Waals surface area contributed by atoms with Crippen LogP contribution < -0.4 is 10.2 Å². The minimum atomic E-state index is -0.199. The molecule has 1 unspecified atom stereocenters. The number of halogens is 2. The van der Waals surface area contributed by atoms with Crippen molar-refractivity contribution in [3.8, 4) is 0 Å². The van der Waals surface area contributed by atoms with Gasteiger partial charge in [-0.15, -0.1) is 0 Å². The van der Waals surface area contributed by atoms with E-state index in [9.17, 15) is 4.39 Å². The van der Waals surface area contributed by atoms with Gasteiger partial charge in [0.2, 0.25) is 0 Å². The Kier molecular flexibility index (Phi) is 5.76. The van der Waals surface area contributed by atoms with Gasteiger partial charge in [-0.2, -0.15) is 0 Å². The Hall–Kier alpha value is -1.39. The monoisotopic (exact) mass is 350 g/mol. The highest BCUT2D eigenvalue weighted by atomic mass is 79.9. The van der Waals surface area contributed by atoms with E-state index in [0.29, 0.717) is 6.04 Å². The van der Waals surface area contributed by atoms with Gasteiger partial charge in [-0.3, -0.25) is 0 Å². The molecule has 0 spiro atoms. The Morgan fingerprint density at radius 3 is 2.29 bits per heavy atom. The lowest BCUT2D eigenvalue weighted by molar-refractivity contribution is 0.549. The lowest BCUT2D eigenvalue weighted by Crippen LogP contribution is -2.25. The molecule has 0 aliphatic rings. The van der Waals surface area contributed by atoms with Crippen molar-refractivity contribution in [1.82, 2.24) is 5.32 Å². The molecule has 0 amide bonds. The molecule has 0 saturated heterocycles. The fourth-order valence-corrected chi connectivity index (χ4v) is 2.58. The average Bonchev–Trinajstić information content (AvgIpc) is 2.50. The molecular formula is C17H20BrFN2. The third-order valence-electron chi connectivity index (χ3n) is 3.64. The number of nitrogens with one attached hydrogen (secondary N) is 1. The lowest BCUT2D eigenvalue weighted by atomic mass is 10.0. The summed E-state index contributed by atoms with van der Waals surface area (Å²) < 4.78 is 14.0. The Morgan fingerprint density at radius 2 is 1.71 bits per heavy atom. The van der Waals surface area contributed by atoms with Gasteiger partial charge < -0.3 is 10.2 Å². The van der Waals surface area contributed by atoms with Crippen LogP contribution in [0, 0.1) is 5.82 Å². The van der Waals surface area contributed by atoms with E-state index in [1.54, 1.807) is 0 Å². The van der Waals surface area contributed by atoms with E-state index in [2.05, 4.69) is 50.4 Å². The van der Waals surface area contributed by atoms with Crippen LogP contribution >= 0.6 is 15.9 Å². The molecule has 0 bridgehead atoms. The van der Waals surface area contributed by atoms with E-state index in [4.69, 9.17) is 0 Å². The van der Waals surface area contributed by atoms with Crippen LogP contribution in [0.4, 0.5) is 10.1 Å². The zero-order valence-electron chi connectivity index (χ0n) is 12.3. The Balaban J connectivity index is 1.96. The molecule has 2 aromatic rings. The molecule has 0 radical (unpaired) electrons. The number of hydrogen-bond donors (Lipinski definition) is 1. The molecular weight excluding hydrogens is 331 g/mol. The van der Waals surface area contributed by atoms with Gasteiger partial charge in [0, 0.05) is 29.8 Å².